The van der Waals surface area contributed by atoms with Crippen molar-refractivity contribution < 1.29 is 27.4 Å². The highest BCUT2D eigenvalue weighted by atomic mass is 32.2. The monoisotopic (exact) mass is 521 g/mol. The molecule has 1 aliphatic carbocycles. The van der Waals surface area contributed by atoms with Crippen molar-refractivity contribution >= 4 is 23.1 Å². The third kappa shape index (κ3) is 7.13. The molecule has 0 bridgehead atoms. The van der Waals surface area contributed by atoms with Gasteiger partial charge >= 0.3 is 6.18 Å². The number of aryl methyl sites for hydroxylation is 3. The van der Waals surface area contributed by atoms with E-state index in [1.54, 1.807) is 0 Å². The van der Waals surface area contributed by atoms with Crippen molar-refractivity contribution in [3.63, 3.8) is 0 Å². The third-order valence-electron chi connectivity index (χ3n) is 6.32. The quantitative estimate of drug-likeness (QED) is 0.175. The maximum absolute atomic E-state index is 13.5. The number of allylic oxidation sites excluding steroid dienone is 2. The molecule has 0 amide bonds. The van der Waals surface area contributed by atoms with Gasteiger partial charge in [0.2, 0.25) is 0 Å². The average molecular weight is 522 g/mol. The van der Waals surface area contributed by atoms with Gasteiger partial charge in [-0.3, -0.25) is 4.79 Å². The molecule has 8 heteroatoms. The number of nitrogens with zero attached hydrogens (tertiary/aromatic N) is 1. The highest BCUT2D eigenvalue weighted by molar-refractivity contribution is 7.99. The molecular formula is C28H34F3NO3S. The van der Waals surface area contributed by atoms with E-state index in [0.717, 1.165) is 48.2 Å². The van der Waals surface area contributed by atoms with Crippen LogP contribution in [-0.2, 0) is 33.3 Å². The number of benzene rings is 1. The minimum atomic E-state index is -4.40. The van der Waals surface area contributed by atoms with Crippen LogP contribution in [0.2, 0.25) is 0 Å². The number of thioether (sulfide) groups is 1. The van der Waals surface area contributed by atoms with Crippen LogP contribution in [0.5, 0.6) is 0 Å². The minimum absolute atomic E-state index is 0.0728. The lowest BCUT2D eigenvalue weighted by atomic mass is 9.79. The van der Waals surface area contributed by atoms with Gasteiger partial charge in [0.25, 0.3) is 0 Å². The lowest BCUT2D eigenvalue weighted by Gasteiger charge is -2.28. The zero-order chi connectivity index (χ0) is 26.3. The molecule has 1 heterocycles. The van der Waals surface area contributed by atoms with Gasteiger partial charge in [-0.1, -0.05) is 31.5 Å². The van der Waals surface area contributed by atoms with Crippen molar-refractivity contribution in [2.75, 3.05) is 19.2 Å². The number of rotatable bonds is 11. The summed E-state index contributed by atoms with van der Waals surface area (Å²) in [6.45, 7) is 8.77. The summed E-state index contributed by atoms with van der Waals surface area (Å²) in [5, 5.41) is 0.536. The van der Waals surface area contributed by atoms with E-state index in [4.69, 9.17) is 9.47 Å². The Morgan fingerprint density at radius 1 is 1.08 bits per heavy atom. The Bertz CT molecular complexity index is 1060. The second-order valence-electron chi connectivity index (χ2n) is 8.94. The van der Waals surface area contributed by atoms with Gasteiger partial charge in [-0.05, 0) is 73.6 Å². The Morgan fingerprint density at radius 2 is 1.78 bits per heavy atom. The van der Waals surface area contributed by atoms with E-state index in [2.05, 4.69) is 37.9 Å². The SMILES string of the molecule is CCOCOC1=C(c2c(CC)cc(C)cc2CC)C(=O)CC(CCSc2ccc(C(F)(F)F)cn2)C1. The number of halogens is 3. The summed E-state index contributed by atoms with van der Waals surface area (Å²) in [7, 11) is 0. The normalized spacial score (nSPS) is 16.5. The zero-order valence-electron chi connectivity index (χ0n) is 21.3. The van der Waals surface area contributed by atoms with Gasteiger partial charge in [0.15, 0.2) is 12.6 Å². The molecule has 1 aromatic carbocycles. The number of ether oxygens (including phenoxy) is 2. The number of carbonyl (C=O) groups excluding carboxylic acids is 1. The molecule has 1 atom stereocenters. The third-order valence-corrected chi connectivity index (χ3v) is 7.30. The summed E-state index contributed by atoms with van der Waals surface area (Å²) in [6, 6.07) is 6.74. The molecule has 36 heavy (non-hydrogen) atoms. The Labute approximate surface area is 215 Å². The summed E-state index contributed by atoms with van der Waals surface area (Å²) in [5.74, 6) is 1.48. The van der Waals surface area contributed by atoms with Crippen LogP contribution in [0.4, 0.5) is 13.2 Å². The fourth-order valence-corrected chi connectivity index (χ4v) is 5.50. The number of ketones is 1. The number of pyridine rings is 1. The first kappa shape index (κ1) is 28.3. The zero-order valence-corrected chi connectivity index (χ0v) is 22.2. The number of hydrogen-bond acceptors (Lipinski definition) is 5. The van der Waals surface area contributed by atoms with Gasteiger partial charge in [-0.15, -0.1) is 11.8 Å². The van der Waals surface area contributed by atoms with Gasteiger partial charge < -0.3 is 9.47 Å². The van der Waals surface area contributed by atoms with E-state index in [-0.39, 0.29) is 18.5 Å². The van der Waals surface area contributed by atoms with Gasteiger partial charge in [0.1, 0.15) is 5.76 Å². The first-order valence-electron chi connectivity index (χ1n) is 12.4. The van der Waals surface area contributed by atoms with Crippen LogP contribution in [-0.4, -0.2) is 29.9 Å². The second-order valence-corrected chi connectivity index (χ2v) is 10.1. The Morgan fingerprint density at radius 3 is 2.33 bits per heavy atom. The highest BCUT2D eigenvalue weighted by Crippen LogP contribution is 2.39. The van der Waals surface area contributed by atoms with Crippen LogP contribution in [0.1, 0.15) is 67.9 Å². The summed E-state index contributed by atoms with van der Waals surface area (Å²) in [6.07, 6.45) is -0.136. The molecule has 0 saturated heterocycles. The van der Waals surface area contributed by atoms with Crippen LogP contribution in [0.15, 0.2) is 41.2 Å². The van der Waals surface area contributed by atoms with Crippen molar-refractivity contribution in [1.29, 1.82) is 0 Å². The summed E-state index contributed by atoms with van der Waals surface area (Å²) in [5.41, 5.74) is 4.40. The topological polar surface area (TPSA) is 48.4 Å². The molecule has 0 saturated carbocycles. The molecule has 1 aliphatic rings. The highest BCUT2D eigenvalue weighted by Gasteiger charge is 2.32. The van der Waals surface area contributed by atoms with Crippen molar-refractivity contribution in [3.05, 3.63) is 64.0 Å². The lowest BCUT2D eigenvalue weighted by molar-refractivity contribution is -0.137. The van der Waals surface area contributed by atoms with Crippen molar-refractivity contribution in [3.8, 4) is 0 Å². The largest absolute Gasteiger partial charge is 0.471 e. The maximum atomic E-state index is 13.5. The molecule has 0 radical (unpaired) electrons. The van der Waals surface area contributed by atoms with Crippen molar-refractivity contribution in [2.45, 2.75) is 71.0 Å². The smallest absolute Gasteiger partial charge is 0.417 e. The van der Waals surface area contributed by atoms with E-state index in [0.29, 0.717) is 41.6 Å². The minimum Gasteiger partial charge on any atom is -0.471 e. The van der Waals surface area contributed by atoms with E-state index in [1.807, 2.05) is 6.92 Å². The van der Waals surface area contributed by atoms with Crippen LogP contribution >= 0.6 is 11.8 Å². The fourth-order valence-electron chi connectivity index (χ4n) is 4.55. The number of aromatic nitrogens is 1. The molecule has 2 aromatic rings. The maximum Gasteiger partial charge on any atom is 0.417 e. The predicted octanol–water partition coefficient (Wildman–Crippen LogP) is 7.42. The molecule has 4 nitrogen and oxygen atoms in total. The Kier molecular flexibility index (Phi) is 10.0. The van der Waals surface area contributed by atoms with Gasteiger partial charge in [0, 0.05) is 25.6 Å². The first-order valence-corrected chi connectivity index (χ1v) is 13.4. The van der Waals surface area contributed by atoms with Crippen LogP contribution in [0, 0.1) is 12.8 Å². The van der Waals surface area contributed by atoms with Crippen molar-refractivity contribution in [2.24, 2.45) is 5.92 Å². The number of hydrogen-bond donors (Lipinski definition) is 0. The van der Waals surface area contributed by atoms with E-state index >= 15 is 0 Å². The van der Waals surface area contributed by atoms with Crippen LogP contribution in [0.25, 0.3) is 5.57 Å². The summed E-state index contributed by atoms with van der Waals surface area (Å²) < 4.78 is 49.8. The fraction of sp³-hybridized carbons (Fsp3) is 0.500. The molecule has 0 spiro atoms. The molecule has 0 N–H and O–H groups in total. The van der Waals surface area contributed by atoms with Gasteiger partial charge in [-0.2, -0.15) is 13.2 Å². The van der Waals surface area contributed by atoms with Gasteiger partial charge in [0.05, 0.1) is 16.2 Å². The van der Waals surface area contributed by atoms with E-state index in [1.165, 1.54) is 23.4 Å². The molecule has 3 rings (SSSR count). The Balaban J connectivity index is 1.79. The number of Topliss-reactive ketones (excluding diaryl/α,β-unsaturated/α-hetero) is 1. The predicted molar refractivity (Wildman–Crippen MR) is 137 cm³/mol. The van der Waals surface area contributed by atoms with E-state index in [9.17, 15) is 18.0 Å². The summed E-state index contributed by atoms with van der Waals surface area (Å²) >= 11 is 1.40. The summed E-state index contributed by atoms with van der Waals surface area (Å²) in [4.78, 5) is 17.5. The lowest BCUT2D eigenvalue weighted by Crippen LogP contribution is -2.23. The molecule has 1 unspecified atom stereocenters. The Hall–Kier alpha value is -2.32. The van der Waals surface area contributed by atoms with Gasteiger partial charge in [-0.25, -0.2) is 4.98 Å². The molecule has 0 aliphatic heterocycles. The van der Waals surface area contributed by atoms with Crippen molar-refractivity contribution in [1.82, 2.24) is 4.98 Å². The standard InChI is InChI=1S/C28H34F3NO3S/c1-5-20-12-18(4)13-21(6-2)26(20)27-23(33)14-19(15-24(27)35-17-34-7-3)10-11-36-25-9-8-22(16-32-25)28(29,30)31/h8-9,12-13,16,19H,5-7,10-11,14-15,17H2,1-4H3. The number of alkyl halides is 3. The molecule has 1 aromatic heterocycles. The molecular weight excluding hydrogens is 487 g/mol. The second kappa shape index (κ2) is 12.8. The van der Waals surface area contributed by atoms with Crippen LogP contribution < -0.4 is 0 Å². The number of carbonyl (C=O) groups is 1. The molecule has 196 valence electrons. The average Bonchev–Trinajstić information content (AvgIpc) is 2.84. The van der Waals surface area contributed by atoms with E-state index < -0.39 is 11.7 Å². The first-order chi connectivity index (χ1) is 17.2. The van der Waals surface area contributed by atoms with Crippen LogP contribution in [0.3, 0.4) is 0 Å². The molecule has 0 fully saturated rings.